The molecular weight excluding hydrogens is 381 g/mol. The molecule has 2 atom stereocenters. The van der Waals surface area contributed by atoms with Gasteiger partial charge in [0.05, 0.1) is 12.9 Å². The van der Waals surface area contributed by atoms with Gasteiger partial charge >= 0.3 is 5.97 Å². The minimum absolute atomic E-state index is 0.0472. The predicted molar refractivity (Wildman–Crippen MR) is 114 cm³/mol. The molecule has 2 heterocycles. The minimum atomic E-state index is -0.389. The van der Waals surface area contributed by atoms with Gasteiger partial charge in [-0.05, 0) is 61.2 Å². The number of rotatable bonds is 7. The van der Waals surface area contributed by atoms with Crippen LogP contribution in [-0.2, 0) is 16.0 Å². The standard InChI is InChI=1S/C24H26FN3O2/c1-3-30-23(29)10-11-24(17(2)21-14-19(25)6-9-22(21)27-24)15-18-4-7-20(8-5-18)28-13-12-26-16-28/h4-9,12-14,16-17,27H,3,10-11,15H2,1-2H3. The predicted octanol–water partition coefficient (Wildman–Crippen LogP) is 4.87. The van der Waals surface area contributed by atoms with Crippen molar-refractivity contribution in [3.8, 4) is 5.69 Å². The number of fused-ring (bicyclic) bond motifs is 1. The number of aromatic nitrogens is 2. The maximum atomic E-state index is 13.9. The van der Waals surface area contributed by atoms with Gasteiger partial charge in [0.2, 0.25) is 0 Å². The second-order valence-electron chi connectivity index (χ2n) is 7.85. The quantitative estimate of drug-likeness (QED) is 0.568. The molecule has 1 aromatic heterocycles. The van der Waals surface area contributed by atoms with E-state index in [2.05, 4.69) is 41.5 Å². The Hall–Kier alpha value is -3.15. The molecule has 0 radical (unpaired) electrons. The molecule has 5 nitrogen and oxygen atoms in total. The number of imidazole rings is 1. The fraction of sp³-hybridized carbons (Fsp3) is 0.333. The van der Waals surface area contributed by atoms with Gasteiger partial charge in [-0.25, -0.2) is 9.37 Å². The molecule has 0 saturated carbocycles. The van der Waals surface area contributed by atoms with Crippen molar-refractivity contribution < 1.29 is 13.9 Å². The summed E-state index contributed by atoms with van der Waals surface area (Å²) in [5.74, 6) is -0.400. The van der Waals surface area contributed by atoms with Gasteiger partial charge in [-0.2, -0.15) is 0 Å². The average Bonchev–Trinajstić information content (AvgIpc) is 3.36. The van der Waals surface area contributed by atoms with Gasteiger partial charge < -0.3 is 14.6 Å². The number of anilines is 1. The molecule has 0 bridgehead atoms. The van der Waals surface area contributed by atoms with Crippen molar-refractivity contribution in [2.45, 2.75) is 44.6 Å². The van der Waals surface area contributed by atoms with Crippen LogP contribution in [0.15, 0.2) is 61.2 Å². The number of nitrogens with zero attached hydrogens (tertiary/aromatic N) is 2. The SMILES string of the molecule is CCOC(=O)CCC1(Cc2ccc(-n3ccnc3)cc2)Nc2ccc(F)cc2C1C. The highest BCUT2D eigenvalue weighted by Crippen LogP contribution is 2.47. The lowest BCUT2D eigenvalue weighted by molar-refractivity contribution is -0.143. The Morgan fingerprint density at radius 2 is 2.07 bits per heavy atom. The van der Waals surface area contributed by atoms with Crippen LogP contribution in [0.3, 0.4) is 0 Å². The zero-order valence-electron chi connectivity index (χ0n) is 17.3. The number of nitrogens with one attached hydrogen (secondary N) is 1. The van der Waals surface area contributed by atoms with Crippen LogP contribution in [0.5, 0.6) is 0 Å². The number of halogens is 1. The zero-order valence-corrected chi connectivity index (χ0v) is 17.3. The highest BCUT2D eigenvalue weighted by atomic mass is 19.1. The molecule has 0 saturated heterocycles. The number of hydrogen-bond donors (Lipinski definition) is 1. The van der Waals surface area contributed by atoms with Gasteiger partial charge in [0, 0.05) is 41.6 Å². The highest BCUT2D eigenvalue weighted by molar-refractivity contribution is 5.70. The lowest BCUT2D eigenvalue weighted by Crippen LogP contribution is -2.41. The lowest BCUT2D eigenvalue weighted by atomic mass is 9.76. The van der Waals surface area contributed by atoms with Gasteiger partial charge in [0.1, 0.15) is 5.82 Å². The van der Waals surface area contributed by atoms with E-state index in [4.69, 9.17) is 4.74 Å². The fourth-order valence-electron chi connectivity index (χ4n) is 4.36. The van der Waals surface area contributed by atoms with Crippen LogP contribution in [-0.4, -0.2) is 27.7 Å². The number of hydrogen-bond acceptors (Lipinski definition) is 4. The Morgan fingerprint density at radius 3 is 2.77 bits per heavy atom. The first kappa shape index (κ1) is 20.1. The van der Waals surface area contributed by atoms with Gasteiger partial charge in [-0.3, -0.25) is 4.79 Å². The summed E-state index contributed by atoms with van der Waals surface area (Å²) in [6.45, 7) is 4.28. The molecule has 4 rings (SSSR count). The van der Waals surface area contributed by atoms with Crippen LogP contribution in [0.2, 0.25) is 0 Å². The molecule has 2 unspecified atom stereocenters. The Kier molecular flexibility index (Phi) is 5.57. The molecule has 30 heavy (non-hydrogen) atoms. The largest absolute Gasteiger partial charge is 0.466 e. The number of carbonyl (C=O) groups is 1. The smallest absolute Gasteiger partial charge is 0.305 e. The normalized spacial score (nSPS) is 19.9. The van der Waals surface area contributed by atoms with E-state index in [1.807, 2.05) is 17.7 Å². The average molecular weight is 407 g/mol. The monoisotopic (exact) mass is 407 g/mol. The molecule has 2 aromatic carbocycles. The van der Waals surface area contributed by atoms with Gasteiger partial charge in [0.25, 0.3) is 0 Å². The molecule has 0 amide bonds. The molecule has 156 valence electrons. The topological polar surface area (TPSA) is 56.2 Å². The summed E-state index contributed by atoms with van der Waals surface area (Å²) < 4.78 is 21.0. The van der Waals surface area contributed by atoms with Crippen LogP contribution in [0.25, 0.3) is 5.69 Å². The van der Waals surface area contributed by atoms with Crippen LogP contribution in [0, 0.1) is 5.82 Å². The van der Waals surface area contributed by atoms with E-state index in [0.717, 1.165) is 22.5 Å². The first-order valence-corrected chi connectivity index (χ1v) is 10.3. The number of carbonyl (C=O) groups excluding carboxylic acids is 1. The third-order valence-electron chi connectivity index (χ3n) is 6.03. The van der Waals surface area contributed by atoms with Crippen molar-refractivity contribution in [1.29, 1.82) is 0 Å². The van der Waals surface area contributed by atoms with E-state index < -0.39 is 0 Å². The van der Waals surface area contributed by atoms with Crippen molar-refractivity contribution in [3.63, 3.8) is 0 Å². The number of benzene rings is 2. The molecule has 3 aromatic rings. The number of ether oxygens (including phenoxy) is 1. The Bertz CT molecular complexity index is 1020. The summed E-state index contributed by atoms with van der Waals surface area (Å²) in [5.41, 5.74) is 3.68. The van der Waals surface area contributed by atoms with E-state index in [1.165, 1.54) is 6.07 Å². The first-order chi connectivity index (χ1) is 14.5. The summed E-state index contributed by atoms with van der Waals surface area (Å²) in [7, 11) is 0. The van der Waals surface area contributed by atoms with Gasteiger partial charge in [-0.15, -0.1) is 0 Å². The van der Waals surface area contributed by atoms with E-state index in [0.29, 0.717) is 25.9 Å². The third-order valence-corrected chi connectivity index (χ3v) is 6.03. The summed E-state index contributed by atoms with van der Waals surface area (Å²) in [6.07, 6.45) is 7.05. The lowest BCUT2D eigenvalue weighted by Gasteiger charge is -2.35. The summed E-state index contributed by atoms with van der Waals surface area (Å²) >= 11 is 0. The minimum Gasteiger partial charge on any atom is -0.466 e. The fourth-order valence-corrected chi connectivity index (χ4v) is 4.36. The zero-order chi connectivity index (χ0) is 21.1. The van der Waals surface area contributed by atoms with Crippen molar-refractivity contribution in [2.24, 2.45) is 0 Å². The Morgan fingerprint density at radius 1 is 1.27 bits per heavy atom. The molecule has 6 heteroatoms. The Labute approximate surface area is 175 Å². The van der Waals surface area contributed by atoms with Gasteiger partial charge in [0.15, 0.2) is 0 Å². The van der Waals surface area contributed by atoms with Crippen LogP contribution < -0.4 is 5.32 Å². The summed E-state index contributed by atoms with van der Waals surface area (Å²) in [5, 5.41) is 3.62. The number of esters is 1. The molecule has 1 aliphatic heterocycles. The molecule has 0 spiro atoms. The summed E-state index contributed by atoms with van der Waals surface area (Å²) in [4.78, 5) is 16.2. The molecular formula is C24H26FN3O2. The maximum Gasteiger partial charge on any atom is 0.305 e. The van der Waals surface area contributed by atoms with Crippen molar-refractivity contribution in [3.05, 3.63) is 78.1 Å². The molecule has 0 fully saturated rings. The molecule has 1 aliphatic rings. The molecule has 1 N–H and O–H groups in total. The van der Waals surface area contributed by atoms with Crippen LogP contribution in [0.1, 0.15) is 43.7 Å². The summed E-state index contributed by atoms with van der Waals surface area (Å²) in [6, 6.07) is 13.2. The van der Waals surface area contributed by atoms with Gasteiger partial charge in [-0.1, -0.05) is 19.1 Å². The van der Waals surface area contributed by atoms with E-state index >= 15 is 0 Å². The second-order valence-corrected chi connectivity index (χ2v) is 7.85. The van der Waals surface area contributed by atoms with Crippen LogP contribution in [0.4, 0.5) is 10.1 Å². The maximum absolute atomic E-state index is 13.9. The van der Waals surface area contributed by atoms with E-state index in [1.54, 1.807) is 24.7 Å². The van der Waals surface area contributed by atoms with Crippen molar-refractivity contribution in [1.82, 2.24) is 9.55 Å². The van der Waals surface area contributed by atoms with E-state index in [-0.39, 0.29) is 23.2 Å². The van der Waals surface area contributed by atoms with Crippen molar-refractivity contribution >= 4 is 11.7 Å². The second kappa shape index (κ2) is 8.30. The highest BCUT2D eigenvalue weighted by Gasteiger charge is 2.43. The van der Waals surface area contributed by atoms with Crippen molar-refractivity contribution in [2.75, 3.05) is 11.9 Å². The Balaban J connectivity index is 1.60. The van der Waals surface area contributed by atoms with E-state index in [9.17, 15) is 9.18 Å². The molecule has 0 aliphatic carbocycles. The van der Waals surface area contributed by atoms with Crippen LogP contribution >= 0.6 is 0 Å². The first-order valence-electron chi connectivity index (χ1n) is 10.3. The third kappa shape index (κ3) is 3.95.